The van der Waals surface area contributed by atoms with E-state index >= 15 is 0 Å². The van der Waals surface area contributed by atoms with Crippen molar-refractivity contribution >= 4 is 27.5 Å². The minimum atomic E-state index is -0.103. The Morgan fingerprint density at radius 3 is 3.16 bits per heavy atom. The van der Waals surface area contributed by atoms with Crippen LogP contribution in [-0.2, 0) is 16.0 Å². The highest BCUT2D eigenvalue weighted by Gasteiger charge is 2.30. The summed E-state index contributed by atoms with van der Waals surface area (Å²) in [4.78, 5) is 22.8. The highest BCUT2D eigenvalue weighted by molar-refractivity contribution is 7.18. The molecule has 0 fully saturated rings. The van der Waals surface area contributed by atoms with E-state index in [9.17, 15) is 4.79 Å². The zero-order valence-corrected chi connectivity index (χ0v) is 11.9. The number of ether oxygens (including phenoxy) is 1. The topological polar surface area (TPSA) is 52.1 Å². The van der Waals surface area contributed by atoms with Crippen LogP contribution < -0.4 is 0 Å². The molecule has 0 amide bonds. The van der Waals surface area contributed by atoms with E-state index in [0.717, 1.165) is 28.8 Å². The van der Waals surface area contributed by atoms with Crippen molar-refractivity contribution in [2.24, 2.45) is 0 Å². The Labute approximate surface area is 115 Å². The molecule has 1 aliphatic carbocycles. The van der Waals surface area contributed by atoms with Gasteiger partial charge in [0.1, 0.15) is 11.2 Å². The maximum atomic E-state index is 11.7. The molecular weight excluding hydrogens is 260 g/mol. The standard InChI is InChI=1S/C14H16N2O2S/c1-3-18-11(17)6-9-4-5-10-13(9)12-8(2)15-7-16-14(12)19-10/h7,9H,3-6H2,1-2H3/t9-/m0/s1. The van der Waals surface area contributed by atoms with Gasteiger partial charge < -0.3 is 4.74 Å². The minimum Gasteiger partial charge on any atom is -0.466 e. The number of carbonyl (C=O) groups is 1. The van der Waals surface area contributed by atoms with E-state index in [0.29, 0.717) is 13.0 Å². The highest BCUT2D eigenvalue weighted by Crippen LogP contribution is 2.45. The molecule has 0 spiro atoms. The van der Waals surface area contributed by atoms with E-state index in [-0.39, 0.29) is 11.9 Å². The number of hydrogen-bond acceptors (Lipinski definition) is 5. The molecule has 0 unspecified atom stereocenters. The van der Waals surface area contributed by atoms with Crippen LogP contribution in [0.5, 0.6) is 0 Å². The first kappa shape index (κ1) is 12.5. The van der Waals surface area contributed by atoms with E-state index < -0.39 is 0 Å². The lowest BCUT2D eigenvalue weighted by Gasteiger charge is -2.10. The van der Waals surface area contributed by atoms with Gasteiger partial charge in [-0.05, 0) is 38.2 Å². The first-order chi connectivity index (χ1) is 9.20. The number of carbonyl (C=O) groups excluding carboxylic acids is 1. The third-order valence-corrected chi connectivity index (χ3v) is 4.81. The Morgan fingerprint density at radius 1 is 1.53 bits per heavy atom. The van der Waals surface area contributed by atoms with Crippen molar-refractivity contribution in [3.8, 4) is 0 Å². The quantitative estimate of drug-likeness (QED) is 0.809. The predicted molar refractivity (Wildman–Crippen MR) is 74.5 cm³/mol. The van der Waals surface area contributed by atoms with Gasteiger partial charge in [-0.15, -0.1) is 11.3 Å². The van der Waals surface area contributed by atoms with Crippen molar-refractivity contribution in [3.05, 3.63) is 22.5 Å². The van der Waals surface area contributed by atoms with Gasteiger partial charge in [0.2, 0.25) is 0 Å². The van der Waals surface area contributed by atoms with Gasteiger partial charge in [0.15, 0.2) is 0 Å². The molecule has 3 rings (SSSR count). The number of aromatic nitrogens is 2. The fourth-order valence-electron chi connectivity index (χ4n) is 2.84. The normalized spacial score (nSPS) is 17.7. The fraction of sp³-hybridized carbons (Fsp3) is 0.500. The molecule has 2 aromatic heterocycles. The van der Waals surface area contributed by atoms with Gasteiger partial charge in [-0.2, -0.15) is 0 Å². The van der Waals surface area contributed by atoms with Crippen molar-refractivity contribution in [2.45, 2.75) is 39.0 Å². The second-order valence-corrected chi connectivity index (χ2v) is 5.91. The minimum absolute atomic E-state index is 0.103. The molecular formula is C14H16N2O2S. The van der Waals surface area contributed by atoms with E-state index in [1.807, 2.05) is 13.8 Å². The van der Waals surface area contributed by atoms with Gasteiger partial charge in [0.05, 0.1) is 13.0 Å². The summed E-state index contributed by atoms with van der Waals surface area (Å²) < 4.78 is 5.07. The van der Waals surface area contributed by atoms with Crippen LogP contribution in [0.2, 0.25) is 0 Å². The van der Waals surface area contributed by atoms with Gasteiger partial charge in [0, 0.05) is 16.0 Å². The number of esters is 1. The van der Waals surface area contributed by atoms with Crippen molar-refractivity contribution in [3.63, 3.8) is 0 Å². The Bertz CT molecular complexity index is 636. The SMILES string of the molecule is CCOC(=O)C[C@@H]1CCc2sc3ncnc(C)c3c21. The molecule has 1 atom stereocenters. The average molecular weight is 276 g/mol. The molecule has 0 radical (unpaired) electrons. The van der Waals surface area contributed by atoms with E-state index in [4.69, 9.17) is 4.74 Å². The van der Waals surface area contributed by atoms with Crippen LogP contribution >= 0.6 is 11.3 Å². The lowest BCUT2D eigenvalue weighted by atomic mass is 9.97. The summed E-state index contributed by atoms with van der Waals surface area (Å²) in [5.41, 5.74) is 2.31. The van der Waals surface area contributed by atoms with Crippen molar-refractivity contribution in [1.29, 1.82) is 0 Å². The summed E-state index contributed by atoms with van der Waals surface area (Å²) in [7, 11) is 0. The van der Waals surface area contributed by atoms with Crippen LogP contribution in [0.4, 0.5) is 0 Å². The Kier molecular flexibility index (Phi) is 3.22. The molecule has 19 heavy (non-hydrogen) atoms. The van der Waals surface area contributed by atoms with Crippen molar-refractivity contribution in [1.82, 2.24) is 9.97 Å². The average Bonchev–Trinajstić information content (AvgIpc) is 2.90. The van der Waals surface area contributed by atoms with Crippen LogP contribution in [0, 0.1) is 6.92 Å². The van der Waals surface area contributed by atoms with Crippen LogP contribution in [-0.4, -0.2) is 22.5 Å². The molecule has 0 bridgehead atoms. The molecule has 0 saturated carbocycles. The second-order valence-electron chi connectivity index (χ2n) is 4.82. The third-order valence-electron chi connectivity index (χ3n) is 3.64. The lowest BCUT2D eigenvalue weighted by molar-refractivity contribution is -0.143. The van der Waals surface area contributed by atoms with E-state index in [1.54, 1.807) is 17.7 Å². The number of nitrogens with zero attached hydrogens (tertiary/aromatic N) is 2. The zero-order valence-electron chi connectivity index (χ0n) is 11.1. The molecule has 5 heteroatoms. The van der Waals surface area contributed by atoms with Gasteiger partial charge in [0.25, 0.3) is 0 Å². The second kappa shape index (κ2) is 4.89. The van der Waals surface area contributed by atoms with Gasteiger partial charge >= 0.3 is 5.97 Å². The van der Waals surface area contributed by atoms with E-state index in [1.165, 1.54) is 10.4 Å². The largest absolute Gasteiger partial charge is 0.466 e. The number of thiophene rings is 1. The smallest absolute Gasteiger partial charge is 0.306 e. The molecule has 0 saturated heterocycles. The Balaban J connectivity index is 1.99. The Morgan fingerprint density at radius 2 is 2.37 bits per heavy atom. The van der Waals surface area contributed by atoms with E-state index in [2.05, 4.69) is 9.97 Å². The number of fused-ring (bicyclic) bond motifs is 3. The predicted octanol–water partition coefficient (Wildman–Crippen LogP) is 2.98. The maximum Gasteiger partial charge on any atom is 0.306 e. The summed E-state index contributed by atoms with van der Waals surface area (Å²) in [5.74, 6) is 0.168. The first-order valence-corrected chi connectivity index (χ1v) is 7.40. The van der Waals surface area contributed by atoms with Crippen LogP contribution in [0.1, 0.15) is 41.8 Å². The molecule has 2 aromatic rings. The van der Waals surface area contributed by atoms with Crippen LogP contribution in [0.25, 0.3) is 10.2 Å². The maximum absolute atomic E-state index is 11.7. The summed E-state index contributed by atoms with van der Waals surface area (Å²) in [5, 5.41) is 1.16. The molecule has 0 aromatic carbocycles. The van der Waals surface area contributed by atoms with Crippen LogP contribution in [0.15, 0.2) is 6.33 Å². The lowest BCUT2D eigenvalue weighted by Crippen LogP contribution is -2.08. The number of aryl methyl sites for hydroxylation is 2. The zero-order chi connectivity index (χ0) is 13.4. The molecule has 4 nitrogen and oxygen atoms in total. The van der Waals surface area contributed by atoms with Gasteiger partial charge in [-0.3, -0.25) is 4.79 Å². The third kappa shape index (κ3) is 2.12. The summed E-state index contributed by atoms with van der Waals surface area (Å²) >= 11 is 1.74. The monoisotopic (exact) mass is 276 g/mol. The number of rotatable bonds is 3. The number of hydrogen-bond donors (Lipinski definition) is 0. The summed E-state index contributed by atoms with van der Waals surface area (Å²) in [6.45, 7) is 4.30. The summed E-state index contributed by atoms with van der Waals surface area (Å²) in [6.07, 6.45) is 4.16. The van der Waals surface area contributed by atoms with Crippen molar-refractivity contribution < 1.29 is 9.53 Å². The first-order valence-electron chi connectivity index (χ1n) is 6.59. The highest BCUT2D eigenvalue weighted by atomic mass is 32.1. The molecule has 0 N–H and O–H groups in total. The molecule has 2 heterocycles. The van der Waals surface area contributed by atoms with Gasteiger partial charge in [-0.1, -0.05) is 0 Å². The summed E-state index contributed by atoms with van der Waals surface area (Å²) in [6, 6.07) is 0. The van der Waals surface area contributed by atoms with Crippen molar-refractivity contribution in [2.75, 3.05) is 6.61 Å². The van der Waals surface area contributed by atoms with Gasteiger partial charge in [-0.25, -0.2) is 9.97 Å². The Hall–Kier alpha value is -1.49. The molecule has 100 valence electrons. The fourth-order valence-corrected chi connectivity index (χ4v) is 4.13. The van der Waals surface area contributed by atoms with Crippen LogP contribution in [0.3, 0.4) is 0 Å². The molecule has 1 aliphatic rings. The molecule has 0 aliphatic heterocycles.